The number of nitrogens with one attached hydrogen (secondary N) is 1. The number of nitrogen functional groups attached to an aromatic ring is 1. The average molecular weight is 389 g/mol. The van der Waals surface area contributed by atoms with Crippen LogP contribution in [0.5, 0.6) is 0 Å². The maximum Gasteiger partial charge on any atom is 0.254 e. The summed E-state index contributed by atoms with van der Waals surface area (Å²) in [4.78, 5) is 38.7. The van der Waals surface area contributed by atoms with Crippen molar-refractivity contribution in [2.75, 3.05) is 17.2 Å². The topological polar surface area (TPSA) is 105 Å². The Labute approximate surface area is 168 Å². The molecule has 0 bridgehead atoms. The van der Waals surface area contributed by atoms with Gasteiger partial charge in [-0.25, -0.2) is 4.98 Å². The first-order chi connectivity index (χ1) is 14.0. The monoisotopic (exact) mass is 389 g/mol. The molecular formula is C22H23N5O2. The van der Waals surface area contributed by atoms with E-state index in [1.165, 1.54) is 0 Å². The van der Waals surface area contributed by atoms with Crippen LogP contribution in [0.25, 0.3) is 11.4 Å². The summed E-state index contributed by atoms with van der Waals surface area (Å²) in [5.74, 6) is 0.475. The molecule has 0 atom stereocenters. The van der Waals surface area contributed by atoms with Crippen molar-refractivity contribution in [1.82, 2.24) is 15.0 Å². The molecule has 3 N–H and O–H groups in total. The van der Waals surface area contributed by atoms with E-state index in [9.17, 15) is 9.59 Å². The van der Waals surface area contributed by atoms with Crippen molar-refractivity contribution in [3.8, 4) is 11.4 Å². The molecule has 3 aromatic rings. The van der Waals surface area contributed by atoms with Crippen LogP contribution in [0.2, 0.25) is 0 Å². The predicted molar refractivity (Wildman–Crippen MR) is 113 cm³/mol. The minimum Gasteiger partial charge on any atom is -0.398 e. The van der Waals surface area contributed by atoms with Gasteiger partial charge in [-0.3, -0.25) is 14.6 Å². The van der Waals surface area contributed by atoms with Crippen molar-refractivity contribution in [3.63, 3.8) is 0 Å². The van der Waals surface area contributed by atoms with Crippen LogP contribution in [0.15, 0.2) is 47.5 Å². The predicted octanol–water partition coefficient (Wildman–Crippen LogP) is 2.63. The number of hydrogen-bond acceptors (Lipinski definition) is 5. The summed E-state index contributed by atoms with van der Waals surface area (Å²) in [6, 6.07) is 9.31. The Morgan fingerprint density at radius 1 is 1.28 bits per heavy atom. The van der Waals surface area contributed by atoms with Crippen molar-refractivity contribution in [1.29, 1.82) is 0 Å². The number of benzene rings is 1. The largest absolute Gasteiger partial charge is 0.398 e. The average Bonchev–Trinajstić information content (AvgIpc) is 2.73. The Morgan fingerprint density at radius 3 is 2.90 bits per heavy atom. The molecule has 3 heterocycles. The van der Waals surface area contributed by atoms with Crippen LogP contribution in [0.3, 0.4) is 0 Å². The van der Waals surface area contributed by atoms with Crippen LogP contribution >= 0.6 is 0 Å². The van der Waals surface area contributed by atoms with Crippen molar-refractivity contribution in [2.45, 2.75) is 32.6 Å². The smallest absolute Gasteiger partial charge is 0.254 e. The highest BCUT2D eigenvalue weighted by Gasteiger charge is 2.24. The number of fused-ring (bicyclic) bond motifs is 1. The molecule has 1 aliphatic rings. The highest BCUT2D eigenvalue weighted by Crippen LogP contribution is 2.31. The number of nitrogens with two attached hydrogens (primary N) is 1. The molecule has 1 amide bonds. The number of carbonyl (C=O) groups excluding carboxylic acids is 1. The van der Waals surface area contributed by atoms with E-state index in [0.29, 0.717) is 30.0 Å². The molecule has 7 heteroatoms. The number of rotatable bonds is 4. The zero-order chi connectivity index (χ0) is 20.4. The van der Waals surface area contributed by atoms with Gasteiger partial charge >= 0.3 is 0 Å². The van der Waals surface area contributed by atoms with Gasteiger partial charge in [0.15, 0.2) is 0 Å². The fraction of sp³-hybridized carbons (Fsp3) is 0.273. The summed E-state index contributed by atoms with van der Waals surface area (Å²) in [5, 5.41) is 0. The summed E-state index contributed by atoms with van der Waals surface area (Å²) in [7, 11) is 0. The van der Waals surface area contributed by atoms with E-state index >= 15 is 0 Å². The highest BCUT2D eigenvalue weighted by molar-refractivity contribution is 5.95. The molecule has 0 saturated heterocycles. The first-order valence-electron chi connectivity index (χ1n) is 9.72. The number of aromatic amines is 1. The van der Waals surface area contributed by atoms with Crippen LogP contribution in [0, 0.1) is 6.92 Å². The second-order valence-corrected chi connectivity index (χ2v) is 7.21. The molecule has 148 valence electrons. The van der Waals surface area contributed by atoms with Gasteiger partial charge in [-0.15, -0.1) is 0 Å². The van der Waals surface area contributed by atoms with Gasteiger partial charge in [-0.2, -0.15) is 0 Å². The molecule has 29 heavy (non-hydrogen) atoms. The summed E-state index contributed by atoms with van der Waals surface area (Å²) in [5.41, 5.74) is 10.4. The van der Waals surface area contributed by atoms with Crippen LogP contribution in [-0.2, 0) is 17.6 Å². The molecule has 2 aromatic heterocycles. The summed E-state index contributed by atoms with van der Waals surface area (Å²) in [6.07, 6.45) is 5.67. The molecular weight excluding hydrogens is 366 g/mol. The Hall–Kier alpha value is -3.48. The number of aromatic nitrogens is 3. The van der Waals surface area contributed by atoms with Gasteiger partial charge in [0, 0.05) is 53.6 Å². The zero-order valence-corrected chi connectivity index (χ0v) is 16.3. The third-order valence-corrected chi connectivity index (χ3v) is 5.33. The third kappa shape index (κ3) is 3.76. The number of pyridine rings is 1. The maximum atomic E-state index is 12.9. The number of carbonyl (C=O) groups is 1. The van der Waals surface area contributed by atoms with Crippen molar-refractivity contribution >= 4 is 17.3 Å². The first-order valence-corrected chi connectivity index (χ1v) is 9.72. The van der Waals surface area contributed by atoms with Gasteiger partial charge in [0.1, 0.15) is 5.82 Å². The number of H-pyrrole nitrogens is 1. The van der Waals surface area contributed by atoms with Crippen molar-refractivity contribution in [2.24, 2.45) is 0 Å². The SMILES string of the molecule is Cc1nc(-c2cccnc2)[nH]c(=O)c1CCC(=O)N1CCCc2c(N)cccc21. The number of amides is 1. The fourth-order valence-corrected chi connectivity index (χ4v) is 3.82. The highest BCUT2D eigenvalue weighted by atomic mass is 16.2. The lowest BCUT2D eigenvalue weighted by Crippen LogP contribution is -2.36. The van der Waals surface area contributed by atoms with Crippen LogP contribution in [-0.4, -0.2) is 27.4 Å². The lowest BCUT2D eigenvalue weighted by Gasteiger charge is -2.30. The number of anilines is 2. The standard InChI is InChI=1S/C22H23N5O2/c1-14-16(22(29)26-21(25-14)15-5-3-11-24-13-15)9-10-20(28)27-12-4-6-17-18(23)7-2-8-19(17)27/h2-3,5,7-8,11,13H,4,6,9-10,12,23H2,1H3,(H,25,26,29). The van der Waals surface area contributed by atoms with E-state index in [1.54, 1.807) is 30.3 Å². The van der Waals surface area contributed by atoms with E-state index < -0.39 is 0 Å². The maximum absolute atomic E-state index is 12.9. The molecule has 0 aliphatic carbocycles. The van der Waals surface area contributed by atoms with Crippen LogP contribution in [0.4, 0.5) is 11.4 Å². The van der Waals surface area contributed by atoms with Crippen molar-refractivity contribution in [3.05, 3.63) is 69.9 Å². The van der Waals surface area contributed by atoms with E-state index in [2.05, 4.69) is 15.0 Å². The molecule has 0 radical (unpaired) electrons. The first kappa shape index (κ1) is 18.9. The van der Waals surface area contributed by atoms with Crippen molar-refractivity contribution < 1.29 is 4.79 Å². The minimum absolute atomic E-state index is 0.00770. The molecule has 0 spiro atoms. The molecule has 4 rings (SSSR count). The van der Waals surface area contributed by atoms with Crippen LogP contribution < -0.4 is 16.2 Å². The number of nitrogens with zero attached hydrogens (tertiary/aromatic N) is 3. The van der Waals surface area contributed by atoms with E-state index in [-0.39, 0.29) is 17.9 Å². The Bertz CT molecular complexity index is 1110. The summed E-state index contributed by atoms with van der Waals surface area (Å²) >= 11 is 0. The van der Waals surface area contributed by atoms with Gasteiger partial charge in [0.05, 0.1) is 0 Å². The summed E-state index contributed by atoms with van der Waals surface area (Å²) < 4.78 is 0. The zero-order valence-electron chi connectivity index (χ0n) is 16.3. The minimum atomic E-state index is -0.215. The normalized spacial score (nSPS) is 13.2. The van der Waals surface area contributed by atoms with Crippen LogP contribution in [0.1, 0.15) is 29.7 Å². The van der Waals surface area contributed by atoms with Gasteiger partial charge < -0.3 is 15.6 Å². The quantitative estimate of drug-likeness (QED) is 0.668. The molecule has 7 nitrogen and oxygen atoms in total. The Kier molecular flexibility index (Phi) is 5.12. The molecule has 0 saturated carbocycles. The third-order valence-electron chi connectivity index (χ3n) is 5.33. The molecule has 1 aromatic carbocycles. The van der Waals surface area contributed by atoms with Gasteiger partial charge in [0.25, 0.3) is 5.56 Å². The van der Waals surface area contributed by atoms with E-state index in [0.717, 1.165) is 35.3 Å². The second-order valence-electron chi connectivity index (χ2n) is 7.21. The molecule has 0 unspecified atom stereocenters. The van der Waals surface area contributed by atoms with E-state index in [1.807, 2.05) is 24.3 Å². The lowest BCUT2D eigenvalue weighted by atomic mass is 9.99. The summed E-state index contributed by atoms with van der Waals surface area (Å²) in [6.45, 7) is 2.47. The lowest BCUT2D eigenvalue weighted by molar-refractivity contribution is -0.118. The number of hydrogen-bond donors (Lipinski definition) is 2. The second kappa shape index (κ2) is 7.87. The van der Waals surface area contributed by atoms with E-state index in [4.69, 9.17) is 5.73 Å². The molecule has 1 aliphatic heterocycles. The Balaban J connectivity index is 1.52. The van der Waals surface area contributed by atoms with Gasteiger partial charge in [-0.1, -0.05) is 6.07 Å². The molecule has 0 fully saturated rings. The fourth-order valence-electron chi connectivity index (χ4n) is 3.82. The van der Waals surface area contributed by atoms with Gasteiger partial charge in [0.2, 0.25) is 5.91 Å². The van der Waals surface area contributed by atoms with Gasteiger partial charge in [-0.05, 0) is 56.0 Å². The Morgan fingerprint density at radius 2 is 2.14 bits per heavy atom. The number of aryl methyl sites for hydroxylation is 1.